The van der Waals surface area contributed by atoms with Gasteiger partial charge < -0.3 is 14.2 Å². The summed E-state index contributed by atoms with van der Waals surface area (Å²) in [4.78, 5) is 19.2. The zero-order valence-electron chi connectivity index (χ0n) is 18.2. The number of aryl methyl sites for hydroxylation is 2. The molecule has 1 aromatic carbocycles. The number of anilines is 1. The van der Waals surface area contributed by atoms with Gasteiger partial charge in [0.05, 0.1) is 12.6 Å². The lowest BCUT2D eigenvalue weighted by Gasteiger charge is -2.35. The first-order chi connectivity index (χ1) is 15.2. The largest absolute Gasteiger partial charge is 0.379 e. The van der Waals surface area contributed by atoms with Crippen molar-refractivity contribution in [3.05, 3.63) is 35.7 Å². The van der Waals surface area contributed by atoms with Crippen LogP contribution in [-0.2, 0) is 4.74 Å². The summed E-state index contributed by atoms with van der Waals surface area (Å²) < 4.78 is 20.7. The van der Waals surface area contributed by atoms with Gasteiger partial charge in [0.15, 0.2) is 17.0 Å². The van der Waals surface area contributed by atoms with Gasteiger partial charge in [0.25, 0.3) is 0 Å². The van der Waals surface area contributed by atoms with Crippen LogP contribution in [0.4, 0.5) is 10.2 Å². The van der Waals surface area contributed by atoms with Gasteiger partial charge in [-0.2, -0.15) is 0 Å². The second-order valence-corrected chi connectivity index (χ2v) is 8.42. The summed E-state index contributed by atoms with van der Waals surface area (Å²) in [7, 11) is 0. The van der Waals surface area contributed by atoms with Crippen LogP contribution in [0.5, 0.6) is 0 Å². The topological polar surface area (TPSA) is 59.3 Å². The summed E-state index contributed by atoms with van der Waals surface area (Å²) in [5, 5.41) is 0. The van der Waals surface area contributed by atoms with Crippen molar-refractivity contribution < 1.29 is 9.13 Å². The van der Waals surface area contributed by atoms with Gasteiger partial charge in [0.1, 0.15) is 18.3 Å². The fourth-order valence-electron chi connectivity index (χ4n) is 4.67. The van der Waals surface area contributed by atoms with Crippen molar-refractivity contribution in [3.63, 3.8) is 0 Å². The summed E-state index contributed by atoms with van der Waals surface area (Å²) in [5.74, 6) is 2.56. The van der Waals surface area contributed by atoms with Crippen molar-refractivity contribution in [2.24, 2.45) is 0 Å². The SMILES string of the molecule is Cc1nc(N2CCN(CCF)CC2)c2nc(-c3ccccc3C)n(C3CCOC3)c2n1. The number of nitrogens with zero attached hydrogens (tertiary/aromatic N) is 6. The first kappa shape index (κ1) is 20.3. The van der Waals surface area contributed by atoms with Crippen molar-refractivity contribution in [1.82, 2.24) is 24.4 Å². The van der Waals surface area contributed by atoms with Crippen LogP contribution in [0, 0.1) is 13.8 Å². The van der Waals surface area contributed by atoms with Crippen molar-refractivity contribution in [2.45, 2.75) is 26.3 Å². The van der Waals surface area contributed by atoms with Crippen LogP contribution in [0.2, 0.25) is 0 Å². The number of rotatable bonds is 5. The average molecular weight is 425 g/mol. The number of ether oxygens (including phenoxy) is 1. The molecule has 0 bridgehead atoms. The zero-order chi connectivity index (χ0) is 21.4. The zero-order valence-corrected chi connectivity index (χ0v) is 18.2. The van der Waals surface area contributed by atoms with Crippen molar-refractivity contribution in [2.75, 3.05) is 57.5 Å². The lowest BCUT2D eigenvalue weighted by atomic mass is 10.1. The quantitative estimate of drug-likeness (QED) is 0.627. The summed E-state index contributed by atoms with van der Waals surface area (Å²) >= 11 is 0. The number of benzene rings is 1. The minimum atomic E-state index is -0.301. The van der Waals surface area contributed by atoms with Crippen molar-refractivity contribution in [1.29, 1.82) is 0 Å². The maximum absolute atomic E-state index is 12.7. The Labute approximate surface area is 181 Å². The third kappa shape index (κ3) is 3.78. The Morgan fingerprint density at radius 3 is 2.58 bits per heavy atom. The molecule has 4 heterocycles. The van der Waals surface area contributed by atoms with E-state index in [1.165, 1.54) is 5.56 Å². The van der Waals surface area contributed by atoms with E-state index in [0.29, 0.717) is 13.2 Å². The van der Waals surface area contributed by atoms with E-state index in [0.717, 1.165) is 73.4 Å². The fourth-order valence-corrected chi connectivity index (χ4v) is 4.67. The monoisotopic (exact) mass is 424 g/mol. The number of hydrogen-bond donors (Lipinski definition) is 0. The van der Waals surface area contributed by atoms with Crippen molar-refractivity contribution in [3.8, 4) is 11.4 Å². The van der Waals surface area contributed by atoms with Crippen LogP contribution in [0.25, 0.3) is 22.6 Å². The highest BCUT2D eigenvalue weighted by molar-refractivity contribution is 5.87. The van der Waals surface area contributed by atoms with Crippen LogP contribution in [0.15, 0.2) is 24.3 Å². The molecule has 31 heavy (non-hydrogen) atoms. The number of fused-ring (bicyclic) bond motifs is 1. The molecular weight excluding hydrogens is 395 g/mol. The Bertz CT molecular complexity index is 1070. The Balaban J connectivity index is 1.64. The van der Waals surface area contributed by atoms with Gasteiger partial charge in [0.2, 0.25) is 0 Å². The van der Waals surface area contributed by atoms with E-state index in [1.807, 2.05) is 6.92 Å². The van der Waals surface area contributed by atoms with Crippen LogP contribution in [0.3, 0.4) is 0 Å². The molecule has 8 heteroatoms. The smallest absolute Gasteiger partial charge is 0.166 e. The van der Waals surface area contributed by atoms with E-state index in [9.17, 15) is 4.39 Å². The molecule has 2 fully saturated rings. The molecule has 1 unspecified atom stereocenters. The Morgan fingerprint density at radius 1 is 1.06 bits per heavy atom. The minimum absolute atomic E-state index is 0.211. The molecule has 0 saturated carbocycles. The summed E-state index contributed by atoms with van der Waals surface area (Å²) in [6.07, 6.45) is 0.949. The molecular formula is C23H29FN6O. The number of hydrogen-bond acceptors (Lipinski definition) is 6. The first-order valence-electron chi connectivity index (χ1n) is 11.1. The third-order valence-electron chi connectivity index (χ3n) is 6.36. The molecule has 1 atom stereocenters. The third-order valence-corrected chi connectivity index (χ3v) is 6.36. The maximum Gasteiger partial charge on any atom is 0.166 e. The molecule has 0 spiro atoms. The second-order valence-electron chi connectivity index (χ2n) is 8.42. The van der Waals surface area contributed by atoms with Gasteiger partial charge in [0, 0.05) is 44.9 Å². The van der Waals surface area contributed by atoms with Crippen LogP contribution >= 0.6 is 0 Å². The number of halogens is 1. The van der Waals surface area contributed by atoms with E-state index < -0.39 is 0 Å². The lowest BCUT2D eigenvalue weighted by molar-refractivity contribution is 0.187. The number of piperazine rings is 1. The highest BCUT2D eigenvalue weighted by Gasteiger charge is 2.29. The molecule has 2 saturated heterocycles. The normalized spacial score (nSPS) is 20.1. The summed E-state index contributed by atoms with van der Waals surface area (Å²) in [6.45, 7) is 8.96. The molecule has 2 aliphatic heterocycles. The molecule has 5 rings (SSSR count). The van der Waals surface area contributed by atoms with Gasteiger partial charge in [-0.25, -0.2) is 19.3 Å². The first-order valence-corrected chi connectivity index (χ1v) is 11.1. The lowest BCUT2D eigenvalue weighted by Crippen LogP contribution is -2.47. The summed E-state index contributed by atoms with van der Waals surface area (Å²) in [6, 6.07) is 8.56. The van der Waals surface area contributed by atoms with E-state index in [1.54, 1.807) is 0 Å². The molecule has 164 valence electrons. The molecule has 7 nitrogen and oxygen atoms in total. The molecule has 0 aliphatic carbocycles. The molecule has 2 aliphatic rings. The Hall–Kier alpha value is -2.58. The number of aromatic nitrogens is 4. The molecule has 3 aromatic rings. The van der Waals surface area contributed by atoms with Gasteiger partial charge in [-0.05, 0) is 25.8 Å². The van der Waals surface area contributed by atoms with E-state index >= 15 is 0 Å². The van der Waals surface area contributed by atoms with Crippen LogP contribution in [-0.4, -0.2) is 77.0 Å². The van der Waals surface area contributed by atoms with Gasteiger partial charge in [-0.3, -0.25) is 4.90 Å². The van der Waals surface area contributed by atoms with E-state index in [4.69, 9.17) is 19.7 Å². The molecule has 2 aromatic heterocycles. The van der Waals surface area contributed by atoms with Crippen LogP contribution in [0.1, 0.15) is 23.9 Å². The molecule has 0 N–H and O–H groups in total. The van der Waals surface area contributed by atoms with E-state index in [-0.39, 0.29) is 12.7 Å². The van der Waals surface area contributed by atoms with Crippen LogP contribution < -0.4 is 4.90 Å². The number of alkyl halides is 1. The Morgan fingerprint density at radius 2 is 1.87 bits per heavy atom. The predicted molar refractivity (Wildman–Crippen MR) is 119 cm³/mol. The fraction of sp³-hybridized carbons (Fsp3) is 0.522. The highest BCUT2D eigenvalue weighted by Crippen LogP contribution is 2.35. The average Bonchev–Trinajstić information content (AvgIpc) is 3.42. The van der Waals surface area contributed by atoms with Gasteiger partial charge >= 0.3 is 0 Å². The summed E-state index contributed by atoms with van der Waals surface area (Å²) in [5.41, 5.74) is 4.02. The molecule has 0 radical (unpaired) electrons. The maximum atomic E-state index is 12.7. The van der Waals surface area contributed by atoms with Gasteiger partial charge in [-0.15, -0.1) is 0 Å². The number of imidazole rings is 1. The predicted octanol–water partition coefficient (Wildman–Crippen LogP) is 3.16. The molecule has 0 amide bonds. The van der Waals surface area contributed by atoms with Gasteiger partial charge in [-0.1, -0.05) is 24.3 Å². The second kappa shape index (κ2) is 8.51. The Kier molecular flexibility index (Phi) is 5.58. The highest BCUT2D eigenvalue weighted by atomic mass is 19.1. The van der Waals surface area contributed by atoms with Crippen molar-refractivity contribution >= 4 is 17.0 Å². The van der Waals surface area contributed by atoms with E-state index in [2.05, 4.69) is 45.6 Å². The standard InChI is InChI=1S/C23H29FN6O/c1-16-5-3-4-6-19(16)21-27-20-22(29-12-10-28(9-8-24)11-13-29)25-17(2)26-23(20)30(21)18-7-14-31-15-18/h3-6,18H,7-15H2,1-2H3. The minimum Gasteiger partial charge on any atom is -0.379 e.